The second kappa shape index (κ2) is 17.9. The average Bonchev–Trinajstić information content (AvgIpc) is 3.27. The van der Waals surface area contributed by atoms with Gasteiger partial charge in [0.2, 0.25) is 0 Å². The van der Waals surface area contributed by atoms with Gasteiger partial charge in [0.15, 0.2) is 25.0 Å². The molecule has 5 aliphatic carbocycles. The Balaban J connectivity index is 1.04. The molecule has 26 unspecified atom stereocenters. The minimum atomic E-state index is -2.01. The molecule has 7 fully saturated rings. The molecule has 8 rings (SSSR count). The van der Waals surface area contributed by atoms with Gasteiger partial charge in [-0.2, -0.15) is 0 Å². The number of aliphatic carboxylic acids is 1. The average molecular weight is 959 g/mol. The monoisotopic (exact) mass is 959 g/mol. The third kappa shape index (κ3) is 7.83. The van der Waals surface area contributed by atoms with E-state index in [1.807, 2.05) is 6.92 Å². The van der Waals surface area contributed by atoms with Gasteiger partial charge in [0.05, 0.1) is 37.6 Å². The molecule has 12 N–H and O–H groups in total. The van der Waals surface area contributed by atoms with Crippen LogP contribution in [0.15, 0.2) is 11.6 Å². The van der Waals surface area contributed by atoms with Gasteiger partial charge in [0.1, 0.15) is 61.0 Å². The van der Waals surface area contributed by atoms with Crippen LogP contribution >= 0.6 is 0 Å². The first-order valence-electron chi connectivity index (χ1n) is 24.4. The quantitative estimate of drug-likeness (QED) is 0.104. The first-order valence-corrected chi connectivity index (χ1v) is 24.4. The molecule has 3 aliphatic heterocycles. The Morgan fingerprint density at radius 3 is 1.94 bits per heavy atom. The molecule has 0 aromatic carbocycles. The van der Waals surface area contributed by atoms with Crippen LogP contribution in [0.2, 0.25) is 0 Å². The van der Waals surface area contributed by atoms with Crippen LogP contribution in [0.5, 0.6) is 0 Å². The molecule has 0 bridgehead atoms. The van der Waals surface area contributed by atoms with Crippen LogP contribution in [-0.4, -0.2) is 191 Å². The Bertz CT molecular complexity index is 1850. The maximum absolute atomic E-state index is 12.4. The minimum Gasteiger partial charge on any atom is -0.479 e. The number of carboxylic acids is 1. The first-order chi connectivity index (χ1) is 31.2. The standard InChI is InChI=1S/C48H78O19/c1-20-27(51)29(53)33(57)40(62-20)67-38-37(59)44(4)15-16-47(7)21(22(44)17-43(38,2)3)9-10-25-45(5)13-12-26(46(6,19-50)24(45)11-14-48(25,47)8)64-42-36(32(56)31(55)35(65-42)39(60)61)66-41-34(58)30(54)28(52)23(18-49)63-41/h9,20,22-38,40-42,49-59H,10-19H2,1-8H3,(H,60,61). The highest BCUT2D eigenvalue weighted by atomic mass is 16.8. The van der Waals surface area contributed by atoms with Gasteiger partial charge in [-0.1, -0.05) is 60.1 Å². The van der Waals surface area contributed by atoms with Crippen molar-refractivity contribution in [1.29, 1.82) is 0 Å². The fourth-order valence-corrected chi connectivity index (χ4v) is 15.2. The predicted octanol–water partition coefficient (Wildman–Crippen LogP) is -0.325. The summed E-state index contributed by atoms with van der Waals surface area (Å²) < 4.78 is 36.2. The van der Waals surface area contributed by atoms with Crippen LogP contribution in [0.25, 0.3) is 0 Å². The van der Waals surface area contributed by atoms with Crippen molar-refractivity contribution in [3.05, 3.63) is 11.6 Å². The highest BCUT2D eigenvalue weighted by molar-refractivity contribution is 5.73. The van der Waals surface area contributed by atoms with E-state index in [1.165, 1.54) is 5.57 Å². The lowest BCUT2D eigenvalue weighted by molar-refractivity contribution is -0.375. The lowest BCUT2D eigenvalue weighted by atomic mass is 9.33. The number of carbonyl (C=O) groups is 1. The summed E-state index contributed by atoms with van der Waals surface area (Å²) in [6.07, 6.45) is -18.6. The lowest BCUT2D eigenvalue weighted by Gasteiger charge is -2.72. The zero-order chi connectivity index (χ0) is 49.3. The molecule has 0 aromatic rings. The van der Waals surface area contributed by atoms with E-state index >= 15 is 0 Å². The van der Waals surface area contributed by atoms with Crippen LogP contribution in [0.3, 0.4) is 0 Å². The second-order valence-corrected chi connectivity index (χ2v) is 23.6. The second-order valence-electron chi connectivity index (χ2n) is 23.6. The Hall–Kier alpha value is -1.47. The zero-order valence-corrected chi connectivity index (χ0v) is 40.0. The Morgan fingerprint density at radius 1 is 0.672 bits per heavy atom. The molecule has 19 nitrogen and oxygen atoms in total. The van der Waals surface area contributed by atoms with Crippen LogP contribution < -0.4 is 0 Å². The Morgan fingerprint density at radius 2 is 1.31 bits per heavy atom. The number of hydrogen-bond acceptors (Lipinski definition) is 18. The molecule has 19 heteroatoms. The SMILES string of the molecule is CC1OC(OC2C(O)C3(C)CCC4(C)C(=CCC5C6(C)CCC(OC7OC(C(=O)O)C(O)C(O)C7OC7OC(CO)C(O)C(O)C7O)C(C)(CO)C6CCC54C)C3CC2(C)C)C(O)C(O)C1O. The van der Waals surface area contributed by atoms with E-state index in [1.54, 1.807) is 6.92 Å². The topological polar surface area (TPSA) is 315 Å². The summed E-state index contributed by atoms with van der Waals surface area (Å²) in [5, 5.41) is 129. The number of carboxylic acid groups (broad SMARTS) is 1. The van der Waals surface area contributed by atoms with E-state index in [9.17, 15) is 66.1 Å². The zero-order valence-electron chi connectivity index (χ0n) is 40.0. The van der Waals surface area contributed by atoms with Crippen molar-refractivity contribution < 1.29 is 94.5 Å². The molecule has 0 amide bonds. The van der Waals surface area contributed by atoms with E-state index in [0.29, 0.717) is 32.1 Å². The maximum atomic E-state index is 12.4. The highest BCUT2D eigenvalue weighted by Crippen LogP contribution is 2.76. The number of ether oxygens (including phenoxy) is 6. The van der Waals surface area contributed by atoms with E-state index in [4.69, 9.17) is 28.4 Å². The lowest BCUT2D eigenvalue weighted by Crippen LogP contribution is -2.69. The molecule has 0 spiro atoms. The van der Waals surface area contributed by atoms with Crippen molar-refractivity contribution in [3.63, 3.8) is 0 Å². The van der Waals surface area contributed by atoms with Crippen molar-refractivity contribution in [3.8, 4) is 0 Å². The summed E-state index contributed by atoms with van der Waals surface area (Å²) in [5.41, 5.74) is -1.55. The van der Waals surface area contributed by atoms with Crippen molar-refractivity contribution in [2.45, 2.75) is 217 Å². The van der Waals surface area contributed by atoms with Crippen molar-refractivity contribution >= 4 is 5.97 Å². The predicted molar refractivity (Wildman–Crippen MR) is 232 cm³/mol. The van der Waals surface area contributed by atoms with Crippen molar-refractivity contribution in [1.82, 2.24) is 0 Å². The first kappa shape index (κ1) is 51.9. The molecule has 4 saturated carbocycles. The van der Waals surface area contributed by atoms with Crippen LogP contribution in [0.1, 0.15) is 107 Å². The number of allylic oxidation sites excluding steroid dienone is 2. The van der Waals surface area contributed by atoms with Gasteiger partial charge >= 0.3 is 5.97 Å². The molecule has 0 radical (unpaired) electrons. The summed E-state index contributed by atoms with van der Waals surface area (Å²) in [5.74, 6) is -1.52. The summed E-state index contributed by atoms with van der Waals surface area (Å²) in [6.45, 7) is 15.8. The summed E-state index contributed by atoms with van der Waals surface area (Å²) >= 11 is 0. The Labute approximate surface area is 392 Å². The van der Waals surface area contributed by atoms with Gasteiger partial charge in [-0.3, -0.25) is 0 Å². The summed E-state index contributed by atoms with van der Waals surface area (Å²) in [7, 11) is 0. The fourth-order valence-electron chi connectivity index (χ4n) is 15.2. The number of rotatable bonds is 9. The number of aliphatic hydroxyl groups is 11. The molecule has 3 heterocycles. The third-order valence-corrected chi connectivity index (χ3v) is 19.7. The van der Waals surface area contributed by atoms with Gasteiger partial charge in [-0.25, -0.2) is 4.79 Å². The van der Waals surface area contributed by atoms with E-state index in [-0.39, 0.29) is 40.6 Å². The minimum absolute atomic E-state index is 0.00640. The summed E-state index contributed by atoms with van der Waals surface area (Å²) in [6, 6.07) is 0. The van der Waals surface area contributed by atoms with Crippen LogP contribution in [0.4, 0.5) is 0 Å². The molecule has 8 aliphatic rings. The van der Waals surface area contributed by atoms with E-state index in [0.717, 1.165) is 19.3 Å². The van der Waals surface area contributed by atoms with Gasteiger partial charge < -0.3 is 89.7 Å². The van der Waals surface area contributed by atoms with Gasteiger partial charge in [-0.05, 0) is 97.7 Å². The van der Waals surface area contributed by atoms with Crippen LogP contribution in [-0.2, 0) is 33.2 Å². The van der Waals surface area contributed by atoms with Gasteiger partial charge in [0.25, 0.3) is 0 Å². The smallest absolute Gasteiger partial charge is 0.335 e. The largest absolute Gasteiger partial charge is 0.479 e. The highest BCUT2D eigenvalue weighted by Gasteiger charge is 2.71. The maximum Gasteiger partial charge on any atom is 0.335 e. The van der Waals surface area contributed by atoms with Gasteiger partial charge in [0, 0.05) is 10.8 Å². The molecular formula is C48H78O19. The number of hydrogen-bond donors (Lipinski definition) is 12. The normalized spacial score (nSPS) is 56.4. The van der Waals surface area contributed by atoms with Crippen molar-refractivity contribution in [2.75, 3.05) is 13.2 Å². The van der Waals surface area contributed by atoms with Crippen LogP contribution in [0, 0.1) is 50.2 Å². The summed E-state index contributed by atoms with van der Waals surface area (Å²) in [4.78, 5) is 12.3. The van der Waals surface area contributed by atoms with E-state index < -0.39 is 139 Å². The van der Waals surface area contributed by atoms with Crippen molar-refractivity contribution in [2.24, 2.45) is 50.2 Å². The number of fused-ring (bicyclic) bond motifs is 7. The van der Waals surface area contributed by atoms with E-state index in [2.05, 4.69) is 47.6 Å². The molecular weight excluding hydrogens is 881 g/mol. The molecule has 26 atom stereocenters. The third-order valence-electron chi connectivity index (χ3n) is 19.7. The fraction of sp³-hybridized carbons (Fsp3) is 0.938. The Kier molecular flexibility index (Phi) is 13.9. The van der Waals surface area contributed by atoms with Gasteiger partial charge in [-0.15, -0.1) is 0 Å². The number of aliphatic hydroxyl groups excluding tert-OH is 11. The molecule has 67 heavy (non-hydrogen) atoms. The molecule has 0 aromatic heterocycles. The molecule has 3 saturated heterocycles. The molecule has 384 valence electrons.